The molecule has 6 heteroatoms. The molecule has 0 saturated carbocycles. The van der Waals surface area contributed by atoms with Crippen molar-refractivity contribution < 1.29 is 19.0 Å². The molecule has 1 unspecified atom stereocenters. The molecule has 0 fully saturated rings. The van der Waals surface area contributed by atoms with E-state index in [-0.39, 0.29) is 18.4 Å². The van der Waals surface area contributed by atoms with Crippen molar-refractivity contribution in [3.8, 4) is 11.5 Å². The van der Waals surface area contributed by atoms with Gasteiger partial charge in [0.2, 0.25) is 5.91 Å². The van der Waals surface area contributed by atoms with Gasteiger partial charge in [-0.3, -0.25) is 4.79 Å². The Morgan fingerprint density at radius 2 is 1.88 bits per heavy atom. The van der Waals surface area contributed by atoms with Crippen LogP contribution < -0.4 is 14.8 Å². The number of thiophene rings is 1. The maximum Gasteiger partial charge on any atom is 0.224 e. The summed E-state index contributed by atoms with van der Waals surface area (Å²) in [6, 6.07) is 9.56. The summed E-state index contributed by atoms with van der Waals surface area (Å²) < 4.78 is 15.9. The van der Waals surface area contributed by atoms with Gasteiger partial charge in [0.15, 0.2) is 11.5 Å². The van der Waals surface area contributed by atoms with Crippen LogP contribution in [0.2, 0.25) is 0 Å². The zero-order chi connectivity index (χ0) is 17.5. The van der Waals surface area contributed by atoms with E-state index in [0.29, 0.717) is 18.0 Å². The molecule has 5 nitrogen and oxygen atoms in total. The number of carbonyl (C=O) groups is 1. The van der Waals surface area contributed by atoms with Crippen LogP contribution in [0.25, 0.3) is 0 Å². The van der Waals surface area contributed by atoms with Crippen LogP contribution in [0.15, 0.2) is 30.3 Å². The summed E-state index contributed by atoms with van der Waals surface area (Å²) in [4.78, 5) is 14.5. The molecule has 1 atom stereocenters. The second-order valence-electron chi connectivity index (χ2n) is 5.34. The number of ether oxygens (including phenoxy) is 3. The van der Waals surface area contributed by atoms with E-state index >= 15 is 0 Å². The normalized spacial score (nSPS) is 11.8. The fraction of sp³-hybridized carbons (Fsp3) is 0.389. The molecule has 0 spiro atoms. The average Bonchev–Trinajstić information content (AvgIpc) is 3.01. The average molecular weight is 349 g/mol. The highest BCUT2D eigenvalue weighted by Gasteiger charge is 2.14. The van der Waals surface area contributed by atoms with Crippen molar-refractivity contribution >= 4 is 17.2 Å². The quantitative estimate of drug-likeness (QED) is 0.795. The van der Waals surface area contributed by atoms with Crippen molar-refractivity contribution in [3.05, 3.63) is 45.6 Å². The highest BCUT2D eigenvalue weighted by molar-refractivity contribution is 7.12. The number of hydrogen-bond acceptors (Lipinski definition) is 5. The second kappa shape index (κ2) is 8.70. The van der Waals surface area contributed by atoms with Crippen molar-refractivity contribution in [2.75, 3.05) is 27.9 Å². The monoisotopic (exact) mass is 349 g/mol. The van der Waals surface area contributed by atoms with Crippen LogP contribution in [0, 0.1) is 6.92 Å². The Kier molecular flexibility index (Phi) is 6.63. The van der Waals surface area contributed by atoms with Gasteiger partial charge >= 0.3 is 0 Å². The molecule has 1 amide bonds. The number of carbonyl (C=O) groups excluding carboxylic acids is 1. The Hall–Kier alpha value is -2.05. The van der Waals surface area contributed by atoms with Gasteiger partial charge in [-0.15, -0.1) is 11.3 Å². The van der Waals surface area contributed by atoms with E-state index < -0.39 is 0 Å². The van der Waals surface area contributed by atoms with Gasteiger partial charge in [-0.2, -0.15) is 0 Å². The van der Waals surface area contributed by atoms with Crippen LogP contribution >= 0.6 is 11.3 Å². The first-order valence-electron chi connectivity index (χ1n) is 7.64. The summed E-state index contributed by atoms with van der Waals surface area (Å²) in [5.41, 5.74) is 0.867. The number of methoxy groups -OCH3 is 3. The van der Waals surface area contributed by atoms with Gasteiger partial charge in [0.1, 0.15) is 6.10 Å². The molecule has 24 heavy (non-hydrogen) atoms. The molecule has 2 aromatic rings. The van der Waals surface area contributed by atoms with E-state index in [9.17, 15) is 4.79 Å². The molecule has 0 aliphatic rings. The van der Waals surface area contributed by atoms with Gasteiger partial charge < -0.3 is 19.5 Å². The Labute approximate surface area is 146 Å². The highest BCUT2D eigenvalue weighted by Crippen LogP contribution is 2.28. The molecule has 0 saturated heterocycles. The molecule has 0 aliphatic carbocycles. The largest absolute Gasteiger partial charge is 0.493 e. The molecule has 1 aromatic carbocycles. The molecular formula is C18H23NO4S. The van der Waals surface area contributed by atoms with E-state index in [1.165, 1.54) is 4.88 Å². The number of nitrogens with one attached hydrogen (secondary N) is 1. The lowest BCUT2D eigenvalue weighted by atomic mass is 10.1. The van der Waals surface area contributed by atoms with Gasteiger partial charge in [0.25, 0.3) is 0 Å². The first kappa shape index (κ1) is 18.3. The van der Waals surface area contributed by atoms with E-state index in [1.807, 2.05) is 18.2 Å². The first-order chi connectivity index (χ1) is 11.6. The Balaban J connectivity index is 1.93. The first-order valence-corrected chi connectivity index (χ1v) is 8.45. The number of rotatable bonds is 8. The van der Waals surface area contributed by atoms with Crippen molar-refractivity contribution in [3.63, 3.8) is 0 Å². The third-order valence-corrected chi connectivity index (χ3v) is 4.75. The molecule has 130 valence electrons. The summed E-state index contributed by atoms with van der Waals surface area (Å²) >= 11 is 1.68. The van der Waals surface area contributed by atoms with Crippen molar-refractivity contribution in [2.45, 2.75) is 19.4 Å². The van der Waals surface area contributed by atoms with Gasteiger partial charge in [-0.05, 0) is 36.8 Å². The van der Waals surface area contributed by atoms with Gasteiger partial charge in [0, 0.05) is 23.4 Å². The SMILES string of the molecule is COc1ccc(CC(=O)NCC(OC)c2ccc(C)s2)cc1OC. The van der Waals surface area contributed by atoms with Crippen LogP contribution in [0.3, 0.4) is 0 Å². The summed E-state index contributed by atoms with van der Waals surface area (Å²) in [7, 11) is 4.82. The fourth-order valence-corrected chi connectivity index (χ4v) is 3.33. The third kappa shape index (κ3) is 4.72. The van der Waals surface area contributed by atoms with Gasteiger partial charge in [-0.1, -0.05) is 6.07 Å². The molecule has 0 aliphatic heterocycles. The smallest absolute Gasteiger partial charge is 0.224 e. The molecule has 1 N–H and O–H groups in total. The van der Waals surface area contributed by atoms with Crippen LogP contribution in [0.5, 0.6) is 11.5 Å². The van der Waals surface area contributed by atoms with Crippen LogP contribution in [0.1, 0.15) is 21.4 Å². The zero-order valence-corrected chi connectivity index (χ0v) is 15.2. The minimum absolute atomic E-state index is 0.0578. The number of hydrogen-bond donors (Lipinski definition) is 1. The molecule has 0 radical (unpaired) electrons. The fourth-order valence-electron chi connectivity index (χ4n) is 2.37. The van der Waals surface area contributed by atoms with E-state index in [0.717, 1.165) is 10.4 Å². The lowest BCUT2D eigenvalue weighted by Gasteiger charge is -2.15. The van der Waals surface area contributed by atoms with Crippen molar-refractivity contribution in [1.82, 2.24) is 5.32 Å². The van der Waals surface area contributed by atoms with Gasteiger partial charge in [0.05, 0.1) is 20.6 Å². The third-order valence-electron chi connectivity index (χ3n) is 3.66. The number of benzene rings is 1. The highest BCUT2D eigenvalue weighted by atomic mass is 32.1. The Morgan fingerprint density at radius 1 is 1.12 bits per heavy atom. The Bertz CT molecular complexity index is 683. The van der Waals surface area contributed by atoms with Crippen LogP contribution in [-0.4, -0.2) is 33.8 Å². The van der Waals surface area contributed by atoms with E-state index in [2.05, 4.69) is 18.3 Å². The van der Waals surface area contributed by atoms with Crippen LogP contribution in [-0.2, 0) is 16.0 Å². The molecular weight excluding hydrogens is 326 g/mol. The van der Waals surface area contributed by atoms with E-state index in [1.54, 1.807) is 38.7 Å². The zero-order valence-electron chi connectivity index (χ0n) is 14.4. The summed E-state index contributed by atoms with van der Waals surface area (Å²) in [6.45, 7) is 2.50. The molecule has 0 bridgehead atoms. The Morgan fingerprint density at radius 3 is 2.46 bits per heavy atom. The molecule has 1 heterocycles. The van der Waals surface area contributed by atoms with Crippen molar-refractivity contribution in [2.24, 2.45) is 0 Å². The minimum atomic E-state index is -0.127. The summed E-state index contributed by atoms with van der Waals surface area (Å²) in [6.07, 6.45) is 0.151. The maximum atomic E-state index is 12.2. The van der Waals surface area contributed by atoms with Crippen LogP contribution in [0.4, 0.5) is 0 Å². The lowest BCUT2D eigenvalue weighted by molar-refractivity contribution is -0.121. The predicted octanol–water partition coefficient (Wildman–Crippen LogP) is 3.12. The number of amides is 1. The topological polar surface area (TPSA) is 56.8 Å². The molecule has 2 rings (SSSR count). The summed E-state index contributed by atoms with van der Waals surface area (Å²) in [5.74, 6) is 1.21. The minimum Gasteiger partial charge on any atom is -0.493 e. The predicted molar refractivity (Wildman–Crippen MR) is 95.1 cm³/mol. The van der Waals surface area contributed by atoms with E-state index in [4.69, 9.17) is 14.2 Å². The van der Waals surface area contributed by atoms with Gasteiger partial charge in [-0.25, -0.2) is 0 Å². The molecule has 1 aromatic heterocycles. The van der Waals surface area contributed by atoms with Crippen molar-refractivity contribution in [1.29, 1.82) is 0 Å². The number of aryl methyl sites for hydroxylation is 1. The summed E-state index contributed by atoms with van der Waals surface area (Å²) in [5, 5.41) is 2.93. The second-order valence-corrected chi connectivity index (χ2v) is 6.66. The standard InChI is InChI=1S/C18H23NO4S/c1-12-5-8-17(24-12)16(23-4)11-19-18(20)10-13-6-7-14(21-2)15(9-13)22-3/h5-9,16H,10-11H2,1-4H3,(H,19,20). The lowest BCUT2D eigenvalue weighted by Crippen LogP contribution is -2.30. The maximum absolute atomic E-state index is 12.2.